The molecule has 1 aromatic rings. The van der Waals surface area contributed by atoms with Crippen LogP contribution in [0, 0.1) is 23.7 Å². The van der Waals surface area contributed by atoms with Gasteiger partial charge < -0.3 is 36.6 Å². The van der Waals surface area contributed by atoms with Crippen molar-refractivity contribution >= 4 is 35.4 Å². The van der Waals surface area contributed by atoms with Crippen LogP contribution in [0.25, 0.3) is 0 Å². The number of nitrogens with one attached hydrogen (secondary N) is 5. The van der Waals surface area contributed by atoms with Gasteiger partial charge in [-0.2, -0.15) is 0 Å². The first-order valence-electron chi connectivity index (χ1n) is 19.1. The summed E-state index contributed by atoms with van der Waals surface area (Å²) in [4.78, 5) is 81.1. The molecule has 1 heterocycles. The van der Waals surface area contributed by atoms with Gasteiger partial charge in [0, 0.05) is 25.2 Å². The number of rotatable bonds is 20. The van der Waals surface area contributed by atoms with Gasteiger partial charge >= 0.3 is 0 Å². The summed E-state index contributed by atoms with van der Waals surface area (Å²) in [6.07, 6.45) is 1.27. The fourth-order valence-electron chi connectivity index (χ4n) is 6.45. The summed E-state index contributed by atoms with van der Waals surface area (Å²) >= 11 is 0. The van der Waals surface area contributed by atoms with Crippen LogP contribution >= 0.6 is 0 Å². The summed E-state index contributed by atoms with van der Waals surface area (Å²) in [6, 6.07) is 5.52. The van der Waals surface area contributed by atoms with Crippen LogP contribution < -0.4 is 26.6 Å². The number of likely N-dealkylation sites (tertiary alicyclic amines) is 1. The van der Waals surface area contributed by atoms with Crippen molar-refractivity contribution in [2.45, 2.75) is 131 Å². The van der Waals surface area contributed by atoms with Crippen molar-refractivity contribution in [2.75, 3.05) is 19.6 Å². The van der Waals surface area contributed by atoms with Crippen LogP contribution in [0.15, 0.2) is 30.3 Å². The van der Waals surface area contributed by atoms with E-state index in [1.807, 2.05) is 54.5 Å². The molecule has 13 nitrogen and oxygen atoms in total. The Hall–Kier alpha value is -4.00. The van der Waals surface area contributed by atoms with Gasteiger partial charge in [-0.25, -0.2) is 0 Å². The zero-order valence-corrected chi connectivity index (χ0v) is 32.5. The van der Waals surface area contributed by atoms with Gasteiger partial charge in [-0.3, -0.25) is 28.8 Å². The van der Waals surface area contributed by atoms with Gasteiger partial charge in [0.05, 0.1) is 24.5 Å². The molecular formula is C39H64N6O7. The van der Waals surface area contributed by atoms with Crippen molar-refractivity contribution in [3.63, 3.8) is 0 Å². The number of piperidine rings is 1. The Morgan fingerprint density at radius 1 is 0.808 bits per heavy atom. The van der Waals surface area contributed by atoms with Crippen LogP contribution in [0.4, 0.5) is 0 Å². The first-order chi connectivity index (χ1) is 24.6. The highest BCUT2D eigenvalue weighted by atomic mass is 16.3. The second-order valence-corrected chi connectivity index (χ2v) is 15.2. The fraction of sp³-hybridized carbons (Fsp3) is 0.692. The molecule has 1 unspecified atom stereocenters. The van der Waals surface area contributed by atoms with Crippen molar-refractivity contribution < 1.29 is 33.9 Å². The monoisotopic (exact) mass is 728 g/mol. The van der Waals surface area contributed by atoms with Crippen molar-refractivity contribution in [2.24, 2.45) is 23.7 Å². The normalized spacial score (nSPS) is 17.5. The molecule has 1 aromatic carbocycles. The first-order valence-corrected chi connectivity index (χ1v) is 19.1. The third kappa shape index (κ3) is 14.6. The Kier molecular flexibility index (Phi) is 18.8. The predicted octanol–water partition coefficient (Wildman–Crippen LogP) is 2.91. The van der Waals surface area contributed by atoms with Crippen LogP contribution in [0.1, 0.15) is 111 Å². The summed E-state index contributed by atoms with van der Waals surface area (Å²) in [6.45, 7) is 16.3. The molecule has 1 aliphatic heterocycles. The van der Waals surface area contributed by atoms with E-state index < -0.39 is 53.9 Å². The van der Waals surface area contributed by atoms with Crippen molar-refractivity contribution in [3.8, 4) is 0 Å². The second-order valence-electron chi connectivity index (χ2n) is 15.2. The van der Waals surface area contributed by atoms with Crippen LogP contribution in [0.3, 0.4) is 0 Å². The van der Waals surface area contributed by atoms with E-state index in [9.17, 15) is 33.9 Å². The van der Waals surface area contributed by atoms with Gasteiger partial charge in [0.25, 0.3) is 5.91 Å². The molecular weight excluding hydrogens is 664 g/mol. The molecule has 1 saturated heterocycles. The minimum Gasteiger partial charge on any atom is -0.390 e. The molecule has 13 heteroatoms. The number of hydrogen-bond acceptors (Lipinski definition) is 7. The van der Waals surface area contributed by atoms with Crippen molar-refractivity contribution in [3.05, 3.63) is 35.9 Å². The summed E-state index contributed by atoms with van der Waals surface area (Å²) in [5, 5.41) is 25.2. The molecule has 6 amide bonds. The van der Waals surface area contributed by atoms with Crippen LogP contribution in [0.5, 0.6) is 0 Å². The number of carbonyl (C=O) groups is 6. The molecule has 0 spiro atoms. The van der Waals surface area contributed by atoms with Gasteiger partial charge in [-0.15, -0.1) is 0 Å². The minimum absolute atomic E-state index is 0.0528. The summed E-state index contributed by atoms with van der Waals surface area (Å²) < 4.78 is 0. The van der Waals surface area contributed by atoms with Crippen molar-refractivity contribution in [1.29, 1.82) is 0 Å². The summed E-state index contributed by atoms with van der Waals surface area (Å²) in [5.41, 5.74) is 0.559. The number of carbonyl (C=O) groups excluding carboxylic acids is 6. The standard InChI is InChI=1S/C39H64N6O7/c1-9-15-29(36(49)42-30(20-24(3)4)32(46)22-33(47)44-34(26(7)8)38(51)40-10-2)41-37(50)31(21-25(5)6)43-35(48)28-18-14-19-45(23-28)39(52)27-16-12-11-13-17-27/h11-13,16-17,24-26,28-32,34,46H,9-10,14-15,18-23H2,1-8H3,(H,40,51)(H,41,50)(H,42,49)(H,43,48)(H,44,47)/t28?,29-,30-,31-,32-,34-/m0/s1. The third-order valence-electron chi connectivity index (χ3n) is 9.18. The zero-order valence-electron chi connectivity index (χ0n) is 32.5. The Labute approximate surface area is 310 Å². The zero-order chi connectivity index (χ0) is 39.0. The van der Waals surface area contributed by atoms with Crippen molar-refractivity contribution in [1.82, 2.24) is 31.5 Å². The highest BCUT2D eigenvalue weighted by molar-refractivity contribution is 5.95. The maximum absolute atomic E-state index is 13.7. The predicted molar refractivity (Wildman–Crippen MR) is 201 cm³/mol. The van der Waals surface area contributed by atoms with E-state index in [4.69, 9.17) is 0 Å². The smallest absolute Gasteiger partial charge is 0.253 e. The lowest BCUT2D eigenvalue weighted by molar-refractivity contribution is -0.134. The van der Waals surface area contributed by atoms with E-state index in [0.29, 0.717) is 57.2 Å². The lowest BCUT2D eigenvalue weighted by Gasteiger charge is -2.33. The van der Waals surface area contributed by atoms with E-state index in [1.54, 1.807) is 36.1 Å². The fourth-order valence-corrected chi connectivity index (χ4v) is 6.45. The van der Waals surface area contributed by atoms with Gasteiger partial charge in [-0.05, 0) is 68.9 Å². The number of amides is 6. The lowest BCUT2D eigenvalue weighted by atomic mass is 9.95. The van der Waals surface area contributed by atoms with Gasteiger partial charge in [0.1, 0.15) is 18.1 Å². The molecule has 6 atom stereocenters. The van der Waals surface area contributed by atoms with Crippen LogP contribution in [0.2, 0.25) is 0 Å². The molecule has 2 rings (SSSR count). The van der Waals surface area contributed by atoms with E-state index in [-0.39, 0.29) is 48.4 Å². The maximum Gasteiger partial charge on any atom is 0.253 e. The van der Waals surface area contributed by atoms with Gasteiger partial charge in [0.2, 0.25) is 29.5 Å². The first kappa shape index (κ1) is 44.2. The Morgan fingerprint density at radius 2 is 1.44 bits per heavy atom. The summed E-state index contributed by atoms with van der Waals surface area (Å²) in [5.74, 6) is -2.81. The van der Waals surface area contributed by atoms with Gasteiger partial charge in [0.15, 0.2) is 0 Å². The Bertz CT molecular complexity index is 1320. The average Bonchev–Trinajstić information content (AvgIpc) is 3.09. The number of likely N-dealkylation sites (N-methyl/N-ethyl adjacent to an activating group) is 1. The average molecular weight is 729 g/mol. The van der Waals surface area contributed by atoms with Crippen LogP contribution in [-0.4, -0.2) is 95.4 Å². The maximum atomic E-state index is 13.7. The van der Waals surface area contributed by atoms with Crippen LogP contribution in [-0.2, 0) is 24.0 Å². The second kappa shape index (κ2) is 22.2. The Balaban J connectivity index is 2.13. The molecule has 6 N–H and O–H groups in total. The number of benzene rings is 1. The molecule has 0 aliphatic carbocycles. The number of aliphatic hydroxyl groups is 1. The molecule has 52 heavy (non-hydrogen) atoms. The third-order valence-corrected chi connectivity index (χ3v) is 9.18. The largest absolute Gasteiger partial charge is 0.390 e. The molecule has 292 valence electrons. The topological polar surface area (TPSA) is 186 Å². The van der Waals surface area contributed by atoms with E-state index in [1.165, 1.54) is 0 Å². The number of nitrogens with zero attached hydrogens (tertiary/aromatic N) is 1. The molecule has 1 aliphatic rings. The number of hydrogen-bond donors (Lipinski definition) is 6. The van der Waals surface area contributed by atoms with Gasteiger partial charge in [-0.1, -0.05) is 73.1 Å². The SMILES string of the molecule is CCC[C@H](NC(=O)[C@H](CC(C)C)NC(=O)C1CCCN(C(=O)c2ccccc2)C1)C(=O)N[C@@H](CC(C)C)[C@@H](O)CC(=O)N[C@H](C(=O)NCC)C(C)C. The molecule has 0 saturated carbocycles. The quantitative estimate of drug-likeness (QED) is 0.119. The number of aliphatic hydroxyl groups excluding tert-OH is 1. The van der Waals surface area contributed by atoms with E-state index in [0.717, 1.165) is 0 Å². The highest BCUT2D eigenvalue weighted by Gasteiger charge is 2.34. The molecule has 0 radical (unpaired) electrons. The Morgan fingerprint density at radius 3 is 2.02 bits per heavy atom. The minimum atomic E-state index is -1.25. The summed E-state index contributed by atoms with van der Waals surface area (Å²) in [7, 11) is 0. The van der Waals surface area contributed by atoms with E-state index in [2.05, 4.69) is 26.6 Å². The highest BCUT2D eigenvalue weighted by Crippen LogP contribution is 2.20. The molecule has 0 aromatic heterocycles. The molecule has 0 bridgehead atoms. The lowest BCUT2D eigenvalue weighted by Crippen LogP contribution is -2.57. The molecule has 1 fully saturated rings. The van der Waals surface area contributed by atoms with E-state index >= 15 is 0 Å².